The third-order valence-electron chi connectivity index (χ3n) is 4.39. The predicted molar refractivity (Wildman–Crippen MR) is 98.7 cm³/mol. The van der Waals surface area contributed by atoms with Crippen molar-refractivity contribution in [3.8, 4) is 5.75 Å². The van der Waals surface area contributed by atoms with Crippen LogP contribution >= 0.6 is 11.3 Å². The number of thiazole rings is 1. The molecule has 2 heterocycles. The maximum Gasteiger partial charge on any atom is 0.407 e. The molecule has 0 bridgehead atoms. The fraction of sp³-hybridized carbons (Fsp3) is 0.412. The standard InChI is InChI=1S/C17H20N2O6S2/c1-24-14-2-4-15(5-3-14)27(22,23)25-10-13-11-26-16(18-13)12-6-8-19(9-7-12)17(20)21/h2-5,11-12H,6-10H2,1H3,(H,20,21). The Hall–Kier alpha value is -2.17. The summed E-state index contributed by atoms with van der Waals surface area (Å²) in [5.41, 5.74) is 0.549. The molecule has 0 radical (unpaired) electrons. The zero-order chi connectivity index (χ0) is 19.4. The van der Waals surface area contributed by atoms with Crippen LogP contribution < -0.4 is 4.74 Å². The van der Waals surface area contributed by atoms with E-state index in [4.69, 9.17) is 14.0 Å². The highest BCUT2D eigenvalue weighted by atomic mass is 32.2. The molecule has 3 rings (SSSR count). The van der Waals surface area contributed by atoms with E-state index in [1.54, 1.807) is 17.5 Å². The van der Waals surface area contributed by atoms with Gasteiger partial charge in [-0.1, -0.05) is 0 Å². The summed E-state index contributed by atoms with van der Waals surface area (Å²) in [5.74, 6) is 0.754. The van der Waals surface area contributed by atoms with Crippen molar-refractivity contribution in [3.63, 3.8) is 0 Å². The van der Waals surface area contributed by atoms with Gasteiger partial charge < -0.3 is 14.7 Å². The van der Waals surface area contributed by atoms with Crippen LogP contribution in [0.3, 0.4) is 0 Å². The topological polar surface area (TPSA) is 106 Å². The van der Waals surface area contributed by atoms with Gasteiger partial charge in [-0.05, 0) is 37.1 Å². The third-order valence-corrected chi connectivity index (χ3v) is 6.73. The Morgan fingerprint density at radius 2 is 1.96 bits per heavy atom. The summed E-state index contributed by atoms with van der Waals surface area (Å²) in [6, 6.07) is 5.97. The van der Waals surface area contributed by atoms with E-state index in [1.165, 1.54) is 35.5 Å². The number of methoxy groups -OCH3 is 1. The molecule has 10 heteroatoms. The van der Waals surface area contributed by atoms with E-state index in [0.29, 0.717) is 37.4 Å². The van der Waals surface area contributed by atoms with Crippen LogP contribution in [-0.2, 0) is 20.9 Å². The summed E-state index contributed by atoms with van der Waals surface area (Å²) in [5, 5.41) is 11.7. The summed E-state index contributed by atoms with van der Waals surface area (Å²) in [4.78, 5) is 16.9. The molecule has 0 unspecified atom stereocenters. The largest absolute Gasteiger partial charge is 0.497 e. The lowest BCUT2D eigenvalue weighted by Crippen LogP contribution is -2.36. The number of hydrogen-bond donors (Lipinski definition) is 1. The highest BCUT2D eigenvalue weighted by molar-refractivity contribution is 7.86. The van der Waals surface area contributed by atoms with Gasteiger partial charge >= 0.3 is 6.09 Å². The zero-order valence-electron chi connectivity index (χ0n) is 14.7. The lowest BCUT2D eigenvalue weighted by molar-refractivity contribution is 0.132. The van der Waals surface area contributed by atoms with E-state index in [-0.39, 0.29) is 17.4 Å². The van der Waals surface area contributed by atoms with Crippen molar-refractivity contribution >= 4 is 27.5 Å². The van der Waals surface area contributed by atoms with Gasteiger partial charge in [0.15, 0.2) is 0 Å². The first-order valence-electron chi connectivity index (χ1n) is 8.34. The summed E-state index contributed by atoms with van der Waals surface area (Å²) in [6.45, 7) is 0.827. The number of amides is 1. The van der Waals surface area contributed by atoms with Gasteiger partial charge in [-0.3, -0.25) is 4.18 Å². The van der Waals surface area contributed by atoms with E-state index < -0.39 is 16.2 Å². The van der Waals surface area contributed by atoms with E-state index in [9.17, 15) is 13.2 Å². The molecule has 0 atom stereocenters. The highest BCUT2D eigenvalue weighted by Crippen LogP contribution is 2.30. The number of carboxylic acid groups (broad SMARTS) is 1. The Balaban J connectivity index is 1.58. The minimum Gasteiger partial charge on any atom is -0.497 e. The molecule has 146 valence electrons. The molecule has 1 aliphatic heterocycles. The summed E-state index contributed by atoms with van der Waals surface area (Å²) >= 11 is 1.45. The normalized spacial score (nSPS) is 15.7. The molecule has 27 heavy (non-hydrogen) atoms. The van der Waals surface area contributed by atoms with Crippen molar-refractivity contribution in [2.75, 3.05) is 20.2 Å². The number of piperidine rings is 1. The summed E-state index contributed by atoms with van der Waals surface area (Å²) in [7, 11) is -2.37. The van der Waals surface area contributed by atoms with Crippen LogP contribution in [0, 0.1) is 0 Å². The molecule has 1 aliphatic rings. The molecule has 1 amide bonds. The molecular formula is C17H20N2O6S2. The van der Waals surface area contributed by atoms with Crippen molar-refractivity contribution in [3.05, 3.63) is 40.3 Å². The Morgan fingerprint density at radius 3 is 2.56 bits per heavy atom. The second-order valence-electron chi connectivity index (χ2n) is 6.11. The van der Waals surface area contributed by atoms with Gasteiger partial charge in [0.05, 0.1) is 22.7 Å². The molecule has 8 nitrogen and oxygen atoms in total. The summed E-state index contributed by atoms with van der Waals surface area (Å²) in [6.07, 6.45) is 0.527. The molecule has 1 fully saturated rings. The number of rotatable bonds is 6. The SMILES string of the molecule is COc1ccc(S(=O)(=O)OCc2csc(C3CCN(C(=O)O)CC3)n2)cc1. The van der Waals surface area contributed by atoms with E-state index >= 15 is 0 Å². The second kappa shape index (κ2) is 8.24. The van der Waals surface area contributed by atoms with Gasteiger partial charge in [0.1, 0.15) is 12.4 Å². The van der Waals surface area contributed by atoms with Crippen LogP contribution in [0.2, 0.25) is 0 Å². The molecule has 1 aromatic heterocycles. The van der Waals surface area contributed by atoms with Crippen molar-refractivity contribution in [2.24, 2.45) is 0 Å². The van der Waals surface area contributed by atoms with Gasteiger partial charge in [-0.15, -0.1) is 11.3 Å². The quantitative estimate of drug-likeness (QED) is 0.727. The van der Waals surface area contributed by atoms with E-state index in [1.807, 2.05) is 0 Å². The number of carbonyl (C=O) groups is 1. The van der Waals surface area contributed by atoms with Crippen molar-refractivity contribution in [1.29, 1.82) is 0 Å². The third kappa shape index (κ3) is 4.76. The van der Waals surface area contributed by atoms with Gasteiger partial charge in [0.25, 0.3) is 10.1 Å². The van der Waals surface area contributed by atoms with Crippen LogP contribution in [-0.4, -0.2) is 49.7 Å². The Bertz CT molecular complexity index is 886. The minimum absolute atomic E-state index is 0.0554. The van der Waals surface area contributed by atoms with Crippen LogP contribution in [0.5, 0.6) is 5.75 Å². The first-order chi connectivity index (χ1) is 12.9. The highest BCUT2D eigenvalue weighted by Gasteiger charge is 2.25. The van der Waals surface area contributed by atoms with Gasteiger partial charge in [0, 0.05) is 24.4 Å². The van der Waals surface area contributed by atoms with Gasteiger partial charge in [-0.25, -0.2) is 9.78 Å². The lowest BCUT2D eigenvalue weighted by Gasteiger charge is -2.28. The van der Waals surface area contributed by atoms with Crippen molar-refractivity contribution in [1.82, 2.24) is 9.88 Å². The molecule has 0 spiro atoms. The molecule has 1 N–H and O–H groups in total. The van der Waals surface area contributed by atoms with Crippen molar-refractivity contribution < 1.29 is 27.2 Å². The Labute approximate surface area is 161 Å². The first kappa shape index (κ1) is 19.6. The van der Waals surface area contributed by atoms with E-state index in [0.717, 1.165) is 5.01 Å². The average Bonchev–Trinajstić information content (AvgIpc) is 3.16. The van der Waals surface area contributed by atoms with Crippen LogP contribution in [0.4, 0.5) is 4.79 Å². The molecule has 1 aromatic carbocycles. The van der Waals surface area contributed by atoms with Crippen LogP contribution in [0.15, 0.2) is 34.5 Å². The van der Waals surface area contributed by atoms with Crippen LogP contribution in [0.1, 0.15) is 29.5 Å². The van der Waals surface area contributed by atoms with E-state index in [2.05, 4.69) is 4.98 Å². The summed E-state index contributed by atoms with van der Waals surface area (Å²) < 4.78 is 34.7. The molecule has 2 aromatic rings. The molecular weight excluding hydrogens is 392 g/mol. The number of hydrogen-bond acceptors (Lipinski definition) is 7. The zero-order valence-corrected chi connectivity index (χ0v) is 16.3. The lowest BCUT2D eigenvalue weighted by atomic mass is 9.98. The van der Waals surface area contributed by atoms with Gasteiger partial charge in [-0.2, -0.15) is 8.42 Å². The second-order valence-corrected chi connectivity index (χ2v) is 8.62. The minimum atomic E-state index is -3.88. The maximum absolute atomic E-state index is 12.3. The predicted octanol–water partition coefficient (Wildman–Crippen LogP) is 2.91. The number of nitrogens with zero attached hydrogens (tertiary/aromatic N) is 2. The maximum atomic E-state index is 12.3. The number of likely N-dealkylation sites (tertiary alicyclic amines) is 1. The van der Waals surface area contributed by atoms with Gasteiger partial charge in [0.2, 0.25) is 0 Å². The number of benzene rings is 1. The Morgan fingerprint density at radius 1 is 1.30 bits per heavy atom. The number of ether oxygens (including phenoxy) is 1. The monoisotopic (exact) mass is 412 g/mol. The molecule has 0 aliphatic carbocycles. The van der Waals surface area contributed by atoms with Crippen molar-refractivity contribution in [2.45, 2.75) is 30.3 Å². The average molecular weight is 412 g/mol. The van der Waals surface area contributed by atoms with Crippen LogP contribution in [0.25, 0.3) is 0 Å². The Kier molecular flexibility index (Phi) is 5.98. The molecule has 1 saturated heterocycles. The fourth-order valence-corrected chi connectivity index (χ4v) is 4.70. The molecule has 0 saturated carbocycles. The number of aromatic nitrogens is 1. The fourth-order valence-electron chi connectivity index (χ4n) is 2.84. The first-order valence-corrected chi connectivity index (χ1v) is 10.6. The smallest absolute Gasteiger partial charge is 0.407 e.